The van der Waals surface area contributed by atoms with E-state index < -0.39 is 0 Å². The molecule has 0 aromatic carbocycles. The molecule has 0 aliphatic heterocycles. The lowest BCUT2D eigenvalue weighted by Crippen LogP contribution is -2.15. The first-order valence-electron chi connectivity index (χ1n) is 2.59. The Bertz CT molecular complexity index is 161. The van der Waals surface area contributed by atoms with Crippen LogP contribution in [0.3, 0.4) is 0 Å². The van der Waals surface area contributed by atoms with Gasteiger partial charge in [-0.3, -0.25) is 0 Å². The molecule has 0 saturated heterocycles. The largest absolute Gasteiger partial charge is 0.154 e. The van der Waals surface area contributed by atoms with Crippen molar-refractivity contribution in [1.82, 2.24) is 0 Å². The Hall–Kier alpha value is 0.497. The summed E-state index contributed by atoms with van der Waals surface area (Å²) < 4.78 is 1.26. The van der Waals surface area contributed by atoms with Gasteiger partial charge in [-0.2, -0.15) is 11.3 Å². The van der Waals surface area contributed by atoms with Gasteiger partial charge in [-0.15, -0.1) is 23.2 Å². The molecule has 1 heterocycles. The third-order valence-corrected chi connectivity index (χ3v) is 4.54. The molecule has 1 aromatic heterocycles. The third kappa shape index (κ3) is 2.71. The summed E-state index contributed by atoms with van der Waals surface area (Å²) in [6.45, 7) is 0. The maximum Gasteiger partial charge on any atom is 0.107 e. The van der Waals surface area contributed by atoms with Crippen molar-refractivity contribution in [2.45, 2.75) is 4.46 Å². The van der Waals surface area contributed by atoms with Crippen LogP contribution < -0.4 is 4.50 Å². The van der Waals surface area contributed by atoms with Gasteiger partial charge in [-0.05, 0) is 9.88 Å². The maximum absolute atomic E-state index is 5.60. The van der Waals surface area contributed by atoms with Crippen LogP contribution in [-0.2, 0) is 0 Å². The fraction of sp³-hybridized carbons (Fsp3) is 0.200. The second-order valence-electron chi connectivity index (χ2n) is 1.67. The van der Waals surface area contributed by atoms with Crippen LogP contribution in [0.1, 0.15) is 0 Å². The van der Waals surface area contributed by atoms with Crippen molar-refractivity contribution < 1.29 is 0 Å². The molecule has 4 heteroatoms. The Morgan fingerprint density at radius 1 is 1.56 bits per heavy atom. The van der Waals surface area contributed by atoms with Crippen LogP contribution in [0.25, 0.3) is 0 Å². The minimum absolute atomic E-state index is 0.122. The summed E-state index contributed by atoms with van der Waals surface area (Å²) in [5.41, 5.74) is 0. The average Bonchev–Trinajstić information content (AvgIpc) is 2.15. The molecule has 0 N–H and O–H groups in total. The smallest absolute Gasteiger partial charge is 0.107 e. The number of alkyl halides is 2. The Morgan fingerprint density at radius 2 is 2.33 bits per heavy atom. The normalized spacial score (nSPS) is 11.9. The number of halogens is 2. The Balaban J connectivity index is 2.48. The molecule has 0 spiro atoms. The summed E-state index contributed by atoms with van der Waals surface area (Å²) in [6.07, 6.45) is 0. The van der Waals surface area contributed by atoms with Gasteiger partial charge in [0.25, 0.3) is 0 Å². The summed E-state index contributed by atoms with van der Waals surface area (Å²) in [6, 6.07) is 4.12. The molecule has 1 rings (SSSR count). The van der Waals surface area contributed by atoms with E-state index in [0.29, 0.717) is 0 Å². The van der Waals surface area contributed by atoms with E-state index >= 15 is 0 Å². The molecule has 9 heavy (non-hydrogen) atoms. The van der Waals surface area contributed by atoms with Crippen LogP contribution in [0.15, 0.2) is 17.5 Å². The molecular formula is C5H6Cl2SSi. The molecule has 0 aliphatic rings. The van der Waals surface area contributed by atoms with Crippen LogP contribution in [-0.4, -0.2) is 14.0 Å². The highest BCUT2D eigenvalue weighted by Gasteiger charge is 2.01. The fourth-order valence-corrected chi connectivity index (χ4v) is 4.37. The maximum atomic E-state index is 5.60. The van der Waals surface area contributed by atoms with E-state index in [1.807, 2.05) is 6.07 Å². The molecule has 0 saturated carbocycles. The lowest BCUT2D eigenvalue weighted by atomic mass is 10.7. The highest BCUT2D eigenvalue weighted by Crippen LogP contribution is 2.01. The predicted octanol–water partition coefficient (Wildman–Crippen LogP) is 1.30. The standard InChI is InChI=1S/C5H6Cl2SSi/c6-5(7)9-4-2-1-3-8-4/h1-3,5H,9H2. The second kappa shape index (κ2) is 3.61. The van der Waals surface area contributed by atoms with E-state index in [9.17, 15) is 0 Å². The Morgan fingerprint density at radius 3 is 2.78 bits per heavy atom. The van der Waals surface area contributed by atoms with Gasteiger partial charge >= 0.3 is 0 Å². The van der Waals surface area contributed by atoms with Gasteiger partial charge in [0, 0.05) is 0 Å². The van der Waals surface area contributed by atoms with Crippen molar-refractivity contribution in [3.63, 3.8) is 0 Å². The Kier molecular flexibility index (Phi) is 3.05. The molecule has 50 valence electrons. The summed E-state index contributed by atoms with van der Waals surface area (Å²) in [5, 5.41) is 2.05. The fourth-order valence-electron chi connectivity index (χ4n) is 0.581. The van der Waals surface area contributed by atoms with Crippen LogP contribution in [0.5, 0.6) is 0 Å². The molecule has 0 atom stereocenters. The predicted molar refractivity (Wildman–Crippen MR) is 48.0 cm³/mol. The van der Waals surface area contributed by atoms with Crippen molar-refractivity contribution in [3.8, 4) is 0 Å². The van der Waals surface area contributed by atoms with Crippen molar-refractivity contribution in [3.05, 3.63) is 17.5 Å². The van der Waals surface area contributed by atoms with Gasteiger partial charge in [0.1, 0.15) is 9.52 Å². The molecule has 0 amide bonds. The van der Waals surface area contributed by atoms with Gasteiger partial charge in [-0.1, -0.05) is 12.1 Å². The number of rotatable bonds is 2. The minimum Gasteiger partial charge on any atom is -0.154 e. The van der Waals surface area contributed by atoms with Crippen molar-refractivity contribution in [2.24, 2.45) is 0 Å². The SMILES string of the molecule is ClC(Cl)[SiH2]c1cccs1. The molecule has 0 radical (unpaired) electrons. The average molecular weight is 197 g/mol. The molecule has 0 aliphatic carbocycles. The van der Waals surface area contributed by atoms with Gasteiger partial charge in [0.05, 0.1) is 4.46 Å². The minimum atomic E-state index is -0.385. The monoisotopic (exact) mass is 196 g/mol. The van der Waals surface area contributed by atoms with Crippen LogP contribution >= 0.6 is 34.5 Å². The highest BCUT2D eigenvalue weighted by molar-refractivity contribution is 7.20. The van der Waals surface area contributed by atoms with E-state index in [1.54, 1.807) is 11.3 Å². The zero-order valence-electron chi connectivity index (χ0n) is 4.68. The molecule has 0 nitrogen and oxygen atoms in total. The molecule has 1 aromatic rings. The van der Waals surface area contributed by atoms with Crippen molar-refractivity contribution in [2.75, 3.05) is 0 Å². The molecule has 0 unspecified atom stereocenters. The summed E-state index contributed by atoms with van der Waals surface area (Å²) >= 11 is 13.0. The number of thiophene rings is 1. The van der Waals surface area contributed by atoms with Crippen molar-refractivity contribution >= 4 is 48.6 Å². The topological polar surface area (TPSA) is 0 Å². The summed E-state index contributed by atoms with van der Waals surface area (Å²) in [5.74, 6) is 0. The van der Waals surface area contributed by atoms with Gasteiger partial charge in [0.2, 0.25) is 0 Å². The second-order valence-corrected chi connectivity index (χ2v) is 7.52. The van der Waals surface area contributed by atoms with Gasteiger partial charge in [-0.25, -0.2) is 0 Å². The van der Waals surface area contributed by atoms with E-state index in [-0.39, 0.29) is 14.0 Å². The first-order chi connectivity index (χ1) is 4.29. The number of hydrogen-bond acceptors (Lipinski definition) is 1. The van der Waals surface area contributed by atoms with E-state index in [1.165, 1.54) is 4.50 Å². The number of hydrogen-bond donors (Lipinski definition) is 0. The summed E-state index contributed by atoms with van der Waals surface area (Å²) in [4.78, 5) is 0. The zero-order valence-corrected chi connectivity index (χ0v) is 8.42. The molecular weight excluding hydrogens is 191 g/mol. The lowest BCUT2D eigenvalue weighted by Gasteiger charge is -1.92. The van der Waals surface area contributed by atoms with Crippen molar-refractivity contribution in [1.29, 1.82) is 0 Å². The van der Waals surface area contributed by atoms with E-state index in [2.05, 4.69) is 11.4 Å². The first-order valence-corrected chi connectivity index (χ1v) is 5.87. The van der Waals surface area contributed by atoms with E-state index in [4.69, 9.17) is 23.2 Å². The molecule has 0 bridgehead atoms. The third-order valence-electron chi connectivity index (χ3n) is 0.936. The highest BCUT2D eigenvalue weighted by atomic mass is 35.5. The van der Waals surface area contributed by atoms with E-state index in [0.717, 1.165) is 0 Å². The van der Waals surface area contributed by atoms with Crippen LogP contribution in [0.4, 0.5) is 0 Å². The first kappa shape index (κ1) is 7.60. The summed E-state index contributed by atoms with van der Waals surface area (Å²) in [7, 11) is -0.385. The van der Waals surface area contributed by atoms with Crippen LogP contribution in [0.2, 0.25) is 0 Å². The zero-order chi connectivity index (χ0) is 6.69. The Labute approximate surface area is 70.6 Å². The van der Waals surface area contributed by atoms with Crippen LogP contribution in [0, 0.1) is 0 Å². The van der Waals surface area contributed by atoms with Gasteiger partial charge < -0.3 is 0 Å². The lowest BCUT2D eigenvalue weighted by molar-refractivity contribution is 1.90. The van der Waals surface area contributed by atoms with Gasteiger partial charge in [0.15, 0.2) is 0 Å². The quantitative estimate of drug-likeness (QED) is 0.495. The molecule has 0 fully saturated rings.